The number of carbonyl (C=O) groups is 1. The number of aryl methyl sites for hydroxylation is 2. The summed E-state index contributed by atoms with van der Waals surface area (Å²) in [7, 11) is 1.75. The molecule has 0 saturated heterocycles. The lowest BCUT2D eigenvalue weighted by atomic mass is 10.1. The topological polar surface area (TPSA) is 58.1 Å². The molecule has 0 spiro atoms. The second-order valence-corrected chi connectivity index (χ2v) is 5.15. The number of nitrogens with one attached hydrogen (secondary N) is 1. The minimum atomic E-state index is -0.163. The number of carbonyl (C=O) groups excluding carboxylic acids is 1. The van der Waals surface area contributed by atoms with Gasteiger partial charge in [-0.3, -0.25) is 0 Å². The van der Waals surface area contributed by atoms with Gasteiger partial charge in [0.15, 0.2) is 0 Å². The molecule has 21 heavy (non-hydrogen) atoms. The van der Waals surface area contributed by atoms with Gasteiger partial charge in [0, 0.05) is 18.9 Å². The summed E-state index contributed by atoms with van der Waals surface area (Å²) in [5, 5.41) is 2.90. The molecule has 5 nitrogen and oxygen atoms in total. The molecular formula is C16H20N4O. The second kappa shape index (κ2) is 6.35. The van der Waals surface area contributed by atoms with Crippen LogP contribution >= 0.6 is 0 Å². The van der Waals surface area contributed by atoms with Crippen molar-refractivity contribution in [1.29, 1.82) is 0 Å². The Bertz CT molecular complexity index is 627. The largest absolute Gasteiger partial charge is 0.322 e. The molecule has 0 fully saturated rings. The maximum Gasteiger partial charge on any atom is 0.322 e. The van der Waals surface area contributed by atoms with Gasteiger partial charge >= 0.3 is 6.03 Å². The smallest absolute Gasteiger partial charge is 0.319 e. The fourth-order valence-electron chi connectivity index (χ4n) is 1.95. The Morgan fingerprint density at radius 1 is 1.24 bits per heavy atom. The van der Waals surface area contributed by atoms with Gasteiger partial charge in [0.05, 0.1) is 11.7 Å². The molecule has 0 bridgehead atoms. The van der Waals surface area contributed by atoms with Crippen LogP contribution in [-0.4, -0.2) is 27.9 Å². The Morgan fingerprint density at radius 2 is 2.00 bits per heavy atom. The van der Waals surface area contributed by atoms with E-state index in [-0.39, 0.29) is 12.1 Å². The summed E-state index contributed by atoms with van der Waals surface area (Å²) in [5.74, 6) is 0. The maximum absolute atomic E-state index is 12.3. The number of hydrogen-bond acceptors (Lipinski definition) is 3. The van der Waals surface area contributed by atoms with Crippen LogP contribution in [-0.2, 0) is 0 Å². The van der Waals surface area contributed by atoms with Crippen LogP contribution in [0.25, 0.3) is 0 Å². The molecule has 1 aromatic carbocycles. The molecule has 1 aromatic heterocycles. The van der Waals surface area contributed by atoms with Gasteiger partial charge in [0.1, 0.15) is 6.33 Å². The zero-order valence-electron chi connectivity index (χ0n) is 12.8. The van der Waals surface area contributed by atoms with Crippen molar-refractivity contribution in [3.05, 3.63) is 53.6 Å². The molecule has 1 unspecified atom stereocenters. The molecule has 1 heterocycles. The lowest BCUT2D eigenvalue weighted by molar-refractivity contribution is 0.207. The molecule has 1 N–H and O–H groups in total. The van der Waals surface area contributed by atoms with Crippen LogP contribution in [0, 0.1) is 13.8 Å². The van der Waals surface area contributed by atoms with Gasteiger partial charge in [-0.2, -0.15) is 0 Å². The van der Waals surface area contributed by atoms with Crippen molar-refractivity contribution in [2.45, 2.75) is 26.8 Å². The van der Waals surface area contributed by atoms with E-state index in [1.165, 1.54) is 11.9 Å². The summed E-state index contributed by atoms with van der Waals surface area (Å²) in [6, 6.07) is 7.40. The summed E-state index contributed by atoms with van der Waals surface area (Å²) >= 11 is 0. The predicted octanol–water partition coefficient (Wildman–Crippen LogP) is 3.32. The van der Waals surface area contributed by atoms with Crippen LogP contribution in [0.5, 0.6) is 0 Å². The number of hydrogen-bond donors (Lipinski definition) is 1. The van der Waals surface area contributed by atoms with Gasteiger partial charge in [-0.15, -0.1) is 0 Å². The maximum atomic E-state index is 12.3. The molecule has 2 aromatic rings. The van der Waals surface area contributed by atoms with Crippen molar-refractivity contribution in [3.63, 3.8) is 0 Å². The first-order valence-corrected chi connectivity index (χ1v) is 6.86. The fourth-order valence-corrected chi connectivity index (χ4v) is 1.95. The monoisotopic (exact) mass is 284 g/mol. The Hall–Kier alpha value is -2.43. The third kappa shape index (κ3) is 3.56. The lowest BCUT2D eigenvalue weighted by Crippen LogP contribution is -2.34. The van der Waals surface area contributed by atoms with Crippen LogP contribution in [0.15, 0.2) is 36.8 Å². The van der Waals surface area contributed by atoms with Crippen LogP contribution < -0.4 is 5.32 Å². The van der Waals surface area contributed by atoms with Crippen molar-refractivity contribution in [2.75, 3.05) is 12.4 Å². The molecule has 0 aliphatic heterocycles. The minimum absolute atomic E-state index is 0.125. The molecule has 0 radical (unpaired) electrons. The summed E-state index contributed by atoms with van der Waals surface area (Å²) in [5.41, 5.74) is 3.96. The van der Waals surface area contributed by atoms with Crippen molar-refractivity contribution in [1.82, 2.24) is 14.9 Å². The number of nitrogens with zero attached hydrogens (tertiary/aromatic N) is 3. The van der Waals surface area contributed by atoms with Gasteiger partial charge in [-0.05, 0) is 50.1 Å². The number of anilines is 1. The molecule has 2 amide bonds. The van der Waals surface area contributed by atoms with Gasteiger partial charge in [-0.1, -0.05) is 6.07 Å². The average molecular weight is 284 g/mol. The SMILES string of the molecule is Cc1ccc(NC(=O)N(C)C(C)c2ccncn2)cc1C. The van der Waals surface area contributed by atoms with Crippen LogP contribution in [0.3, 0.4) is 0 Å². The predicted molar refractivity (Wildman–Crippen MR) is 83.1 cm³/mol. The van der Waals surface area contributed by atoms with E-state index in [9.17, 15) is 4.79 Å². The number of benzene rings is 1. The van der Waals surface area contributed by atoms with Crippen molar-refractivity contribution in [3.8, 4) is 0 Å². The number of rotatable bonds is 3. The highest BCUT2D eigenvalue weighted by Gasteiger charge is 2.18. The Morgan fingerprint density at radius 3 is 2.62 bits per heavy atom. The Labute approximate surface area is 125 Å². The van der Waals surface area contributed by atoms with E-state index in [4.69, 9.17) is 0 Å². The van der Waals surface area contributed by atoms with Crippen molar-refractivity contribution < 1.29 is 4.79 Å². The van der Waals surface area contributed by atoms with Crippen LogP contribution in [0.4, 0.5) is 10.5 Å². The van der Waals surface area contributed by atoms with Gasteiger partial charge in [-0.25, -0.2) is 14.8 Å². The van der Waals surface area contributed by atoms with Crippen LogP contribution in [0.1, 0.15) is 29.8 Å². The molecular weight excluding hydrogens is 264 g/mol. The van der Waals surface area contributed by atoms with E-state index < -0.39 is 0 Å². The number of aromatic nitrogens is 2. The van der Waals surface area contributed by atoms with Crippen LogP contribution in [0.2, 0.25) is 0 Å². The number of amides is 2. The second-order valence-electron chi connectivity index (χ2n) is 5.15. The van der Waals surface area contributed by atoms with Gasteiger partial charge < -0.3 is 10.2 Å². The minimum Gasteiger partial charge on any atom is -0.319 e. The number of urea groups is 1. The summed E-state index contributed by atoms with van der Waals surface area (Å²) < 4.78 is 0. The zero-order valence-corrected chi connectivity index (χ0v) is 12.8. The van der Waals surface area contributed by atoms with Crippen molar-refractivity contribution in [2.24, 2.45) is 0 Å². The quantitative estimate of drug-likeness (QED) is 0.940. The van der Waals surface area contributed by atoms with Gasteiger partial charge in [0.2, 0.25) is 0 Å². The van der Waals surface area contributed by atoms with E-state index in [1.807, 2.05) is 45.0 Å². The molecule has 0 aliphatic rings. The third-order valence-corrected chi connectivity index (χ3v) is 3.69. The summed E-state index contributed by atoms with van der Waals surface area (Å²) in [6.07, 6.45) is 3.16. The summed E-state index contributed by atoms with van der Waals surface area (Å²) in [4.78, 5) is 22.0. The zero-order chi connectivity index (χ0) is 15.4. The van der Waals surface area contributed by atoms with E-state index >= 15 is 0 Å². The van der Waals surface area contributed by atoms with Crippen molar-refractivity contribution >= 4 is 11.7 Å². The van der Waals surface area contributed by atoms with Gasteiger partial charge in [0.25, 0.3) is 0 Å². The molecule has 1 atom stereocenters. The lowest BCUT2D eigenvalue weighted by Gasteiger charge is -2.24. The first-order chi connectivity index (χ1) is 9.99. The Balaban J connectivity index is 2.07. The summed E-state index contributed by atoms with van der Waals surface area (Å²) in [6.45, 7) is 6.00. The molecule has 5 heteroatoms. The highest BCUT2D eigenvalue weighted by Crippen LogP contribution is 2.18. The third-order valence-electron chi connectivity index (χ3n) is 3.69. The normalized spacial score (nSPS) is 11.8. The highest BCUT2D eigenvalue weighted by molar-refractivity contribution is 5.89. The molecule has 110 valence electrons. The first-order valence-electron chi connectivity index (χ1n) is 6.86. The van der Waals surface area contributed by atoms with E-state index in [0.717, 1.165) is 16.9 Å². The fraction of sp³-hybridized carbons (Fsp3) is 0.312. The first kappa shape index (κ1) is 15.0. The van der Waals surface area contributed by atoms with E-state index in [0.29, 0.717) is 0 Å². The average Bonchev–Trinajstić information content (AvgIpc) is 2.50. The molecule has 2 rings (SSSR count). The standard InChI is InChI=1S/C16H20N4O/c1-11-5-6-14(9-12(11)2)19-16(21)20(4)13(3)15-7-8-17-10-18-15/h5-10,13H,1-4H3,(H,19,21). The highest BCUT2D eigenvalue weighted by atomic mass is 16.2. The molecule has 0 saturated carbocycles. The molecule has 0 aliphatic carbocycles. The van der Waals surface area contributed by atoms with E-state index in [2.05, 4.69) is 15.3 Å². The Kier molecular flexibility index (Phi) is 4.52. The van der Waals surface area contributed by atoms with E-state index in [1.54, 1.807) is 18.1 Å².